The van der Waals surface area contributed by atoms with Crippen molar-refractivity contribution >= 4 is 23.4 Å². The van der Waals surface area contributed by atoms with Crippen LogP contribution in [0.2, 0.25) is 5.15 Å². The molecule has 1 unspecified atom stereocenters. The molecule has 1 heterocycles. The second kappa shape index (κ2) is 5.51. The number of aromatic nitrogens is 2. The second-order valence-corrected chi connectivity index (χ2v) is 4.81. The minimum atomic E-state index is -0.340. The Bertz CT molecular complexity index is 361. The van der Waals surface area contributed by atoms with Crippen molar-refractivity contribution < 1.29 is 5.11 Å². The van der Waals surface area contributed by atoms with Crippen molar-refractivity contribution in [3.8, 4) is 0 Å². The first-order valence-electron chi connectivity index (χ1n) is 5.87. The van der Waals surface area contributed by atoms with Gasteiger partial charge in [-0.05, 0) is 18.8 Å². The molecule has 0 saturated heterocycles. The molecular formula is C11H17ClN4O. The zero-order valence-electron chi connectivity index (χ0n) is 9.56. The molecular weight excluding hydrogens is 240 g/mol. The fraction of sp³-hybridized carbons (Fsp3) is 0.636. The highest BCUT2D eigenvalue weighted by Crippen LogP contribution is 2.27. The third-order valence-corrected chi connectivity index (χ3v) is 3.34. The van der Waals surface area contributed by atoms with Crippen molar-refractivity contribution in [2.45, 2.75) is 31.8 Å². The van der Waals surface area contributed by atoms with Crippen LogP contribution in [0, 0.1) is 5.92 Å². The van der Waals surface area contributed by atoms with Gasteiger partial charge in [-0.3, -0.25) is 0 Å². The number of aliphatic hydroxyl groups is 1. The van der Waals surface area contributed by atoms with Gasteiger partial charge in [0.15, 0.2) is 0 Å². The van der Waals surface area contributed by atoms with Crippen LogP contribution in [0.4, 0.5) is 11.8 Å². The number of nitrogens with one attached hydrogen (secondary N) is 1. The molecule has 0 bridgehead atoms. The molecule has 6 heteroatoms. The Labute approximate surface area is 105 Å². The van der Waals surface area contributed by atoms with Crippen molar-refractivity contribution in [1.29, 1.82) is 0 Å². The van der Waals surface area contributed by atoms with Crippen LogP contribution in [0.1, 0.15) is 25.7 Å². The quantitative estimate of drug-likeness (QED) is 0.714. The lowest BCUT2D eigenvalue weighted by molar-refractivity contribution is 0.122. The molecule has 4 N–H and O–H groups in total. The maximum absolute atomic E-state index is 9.98. The van der Waals surface area contributed by atoms with Gasteiger partial charge in [0.25, 0.3) is 0 Å². The van der Waals surface area contributed by atoms with Gasteiger partial charge in [-0.1, -0.05) is 24.4 Å². The number of hydrogen-bond donors (Lipinski definition) is 3. The van der Waals surface area contributed by atoms with Crippen LogP contribution in [0.3, 0.4) is 0 Å². The fourth-order valence-electron chi connectivity index (χ4n) is 2.24. The molecule has 1 atom stereocenters. The lowest BCUT2D eigenvalue weighted by Gasteiger charge is -2.18. The number of aliphatic hydroxyl groups excluding tert-OH is 1. The number of nitrogens with zero attached hydrogens (tertiary/aromatic N) is 2. The van der Waals surface area contributed by atoms with Gasteiger partial charge in [-0.25, -0.2) is 4.98 Å². The lowest BCUT2D eigenvalue weighted by atomic mass is 10.0. The lowest BCUT2D eigenvalue weighted by Crippen LogP contribution is -2.27. The van der Waals surface area contributed by atoms with E-state index in [2.05, 4.69) is 15.3 Å². The topological polar surface area (TPSA) is 84.1 Å². The Balaban J connectivity index is 1.88. The zero-order valence-corrected chi connectivity index (χ0v) is 10.3. The largest absolute Gasteiger partial charge is 0.391 e. The summed E-state index contributed by atoms with van der Waals surface area (Å²) in [5.74, 6) is 1.09. The summed E-state index contributed by atoms with van der Waals surface area (Å²) in [5.41, 5.74) is 5.48. The predicted molar refractivity (Wildman–Crippen MR) is 67.9 cm³/mol. The third-order valence-electron chi connectivity index (χ3n) is 3.15. The van der Waals surface area contributed by atoms with E-state index in [9.17, 15) is 5.11 Å². The monoisotopic (exact) mass is 256 g/mol. The first-order valence-corrected chi connectivity index (χ1v) is 6.25. The maximum atomic E-state index is 9.98. The van der Waals surface area contributed by atoms with Gasteiger partial charge in [0.2, 0.25) is 5.95 Å². The van der Waals surface area contributed by atoms with E-state index >= 15 is 0 Å². The van der Waals surface area contributed by atoms with Crippen LogP contribution in [-0.4, -0.2) is 27.7 Å². The van der Waals surface area contributed by atoms with E-state index in [0.717, 1.165) is 12.8 Å². The molecule has 5 nitrogen and oxygen atoms in total. The molecule has 94 valence electrons. The third kappa shape index (κ3) is 3.44. The first kappa shape index (κ1) is 12.4. The van der Waals surface area contributed by atoms with E-state index in [1.54, 1.807) is 6.07 Å². The summed E-state index contributed by atoms with van der Waals surface area (Å²) in [6.07, 6.45) is 4.31. The molecule has 1 saturated carbocycles. The highest BCUT2D eigenvalue weighted by atomic mass is 35.5. The van der Waals surface area contributed by atoms with Crippen LogP contribution < -0.4 is 11.1 Å². The molecule has 0 amide bonds. The van der Waals surface area contributed by atoms with Crippen molar-refractivity contribution in [3.05, 3.63) is 11.2 Å². The van der Waals surface area contributed by atoms with E-state index in [-0.39, 0.29) is 12.1 Å². The summed E-state index contributed by atoms with van der Waals surface area (Å²) < 4.78 is 0. The van der Waals surface area contributed by atoms with Gasteiger partial charge in [0.05, 0.1) is 6.10 Å². The van der Waals surface area contributed by atoms with Gasteiger partial charge in [0, 0.05) is 12.6 Å². The van der Waals surface area contributed by atoms with Gasteiger partial charge >= 0.3 is 0 Å². The number of halogens is 1. The summed E-state index contributed by atoms with van der Waals surface area (Å²) in [4.78, 5) is 7.76. The Hall–Kier alpha value is -1.07. The van der Waals surface area contributed by atoms with Gasteiger partial charge in [-0.15, -0.1) is 0 Å². The Morgan fingerprint density at radius 3 is 2.82 bits per heavy atom. The average Bonchev–Trinajstić information content (AvgIpc) is 2.78. The van der Waals surface area contributed by atoms with Crippen molar-refractivity contribution in [3.63, 3.8) is 0 Å². The van der Waals surface area contributed by atoms with Crippen LogP contribution >= 0.6 is 11.6 Å². The average molecular weight is 257 g/mol. The summed E-state index contributed by atoms with van der Waals surface area (Å²) in [7, 11) is 0. The van der Waals surface area contributed by atoms with Gasteiger partial charge < -0.3 is 16.2 Å². The molecule has 17 heavy (non-hydrogen) atoms. The molecule has 1 aliphatic carbocycles. The summed E-state index contributed by atoms with van der Waals surface area (Å²) in [6, 6.07) is 1.60. The predicted octanol–water partition coefficient (Wildman–Crippen LogP) is 1.68. The summed E-state index contributed by atoms with van der Waals surface area (Å²) in [6.45, 7) is 0.470. The van der Waals surface area contributed by atoms with Gasteiger partial charge in [-0.2, -0.15) is 4.98 Å². The molecule has 0 radical (unpaired) electrons. The zero-order chi connectivity index (χ0) is 12.3. The van der Waals surface area contributed by atoms with E-state index in [0.29, 0.717) is 23.4 Å². The van der Waals surface area contributed by atoms with Crippen LogP contribution in [0.15, 0.2) is 6.07 Å². The maximum Gasteiger partial charge on any atom is 0.223 e. The highest BCUT2D eigenvalue weighted by Gasteiger charge is 2.22. The molecule has 1 aromatic rings. The van der Waals surface area contributed by atoms with Crippen LogP contribution in [-0.2, 0) is 0 Å². The fourth-order valence-corrected chi connectivity index (χ4v) is 2.43. The van der Waals surface area contributed by atoms with E-state index in [4.69, 9.17) is 17.3 Å². The number of nitrogen functional groups attached to an aromatic ring is 1. The van der Waals surface area contributed by atoms with Crippen LogP contribution in [0.5, 0.6) is 0 Å². The van der Waals surface area contributed by atoms with E-state index < -0.39 is 0 Å². The minimum absolute atomic E-state index is 0.135. The second-order valence-electron chi connectivity index (χ2n) is 4.43. The van der Waals surface area contributed by atoms with Crippen molar-refractivity contribution in [2.75, 3.05) is 17.6 Å². The van der Waals surface area contributed by atoms with Gasteiger partial charge in [0.1, 0.15) is 11.0 Å². The summed E-state index contributed by atoms with van der Waals surface area (Å²) in [5, 5.41) is 13.3. The van der Waals surface area contributed by atoms with E-state index in [1.165, 1.54) is 12.8 Å². The first-order chi connectivity index (χ1) is 8.15. The number of rotatable bonds is 4. The highest BCUT2D eigenvalue weighted by molar-refractivity contribution is 6.29. The van der Waals surface area contributed by atoms with Crippen molar-refractivity contribution in [1.82, 2.24) is 9.97 Å². The smallest absolute Gasteiger partial charge is 0.223 e. The molecule has 0 spiro atoms. The molecule has 2 rings (SSSR count). The molecule has 0 aliphatic heterocycles. The molecule has 0 aromatic carbocycles. The Kier molecular flexibility index (Phi) is 4.02. The van der Waals surface area contributed by atoms with E-state index in [1.807, 2.05) is 0 Å². The minimum Gasteiger partial charge on any atom is -0.391 e. The Morgan fingerprint density at radius 1 is 1.47 bits per heavy atom. The SMILES string of the molecule is Nc1nc(Cl)cc(NCC(O)C2CCCC2)n1. The number of nitrogens with two attached hydrogens (primary N) is 1. The molecule has 1 aliphatic rings. The summed E-state index contributed by atoms with van der Waals surface area (Å²) >= 11 is 5.76. The standard InChI is InChI=1S/C11H17ClN4O/c12-9-5-10(16-11(13)15-9)14-6-8(17)7-3-1-2-4-7/h5,7-8,17H,1-4,6H2,(H3,13,14,15,16). The van der Waals surface area contributed by atoms with Crippen LogP contribution in [0.25, 0.3) is 0 Å². The molecule has 1 fully saturated rings. The molecule has 1 aromatic heterocycles. The Morgan fingerprint density at radius 2 is 2.18 bits per heavy atom. The number of hydrogen-bond acceptors (Lipinski definition) is 5. The normalized spacial score (nSPS) is 18.2. The number of anilines is 2. The van der Waals surface area contributed by atoms with Crippen molar-refractivity contribution in [2.24, 2.45) is 5.92 Å².